The van der Waals surface area contributed by atoms with Crippen LogP contribution in [0, 0.1) is 0 Å². The maximum atomic E-state index is 11.6. The fourth-order valence-corrected chi connectivity index (χ4v) is 3.67. The Morgan fingerprint density at radius 2 is 1.82 bits per heavy atom. The molecule has 2 aromatic rings. The van der Waals surface area contributed by atoms with E-state index in [1.54, 1.807) is 24.3 Å². The van der Waals surface area contributed by atoms with E-state index >= 15 is 0 Å². The Balaban J connectivity index is 2.18. The molecule has 8 nitrogen and oxygen atoms in total. The van der Waals surface area contributed by atoms with Crippen LogP contribution in [0.1, 0.15) is 29.1 Å². The van der Waals surface area contributed by atoms with Crippen LogP contribution in [0.3, 0.4) is 0 Å². The van der Waals surface area contributed by atoms with Crippen molar-refractivity contribution < 1.29 is 29.3 Å². The molecule has 1 heterocycles. The van der Waals surface area contributed by atoms with Gasteiger partial charge in [0.2, 0.25) is 0 Å². The number of aliphatic carboxylic acids is 1. The van der Waals surface area contributed by atoms with Gasteiger partial charge in [0.15, 0.2) is 17.2 Å². The Hall–Kier alpha value is -2.78. The number of urea groups is 1. The molecule has 0 radical (unpaired) electrons. The summed E-state index contributed by atoms with van der Waals surface area (Å²) in [5, 5.41) is 23.6. The lowest BCUT2D eigenvalue weighted by atomic mass is 10.1. The van der Waals surface area contributed by atoms with Gasteiger partial charge < -0.3 is 25.6 Å². The van der Waals surface area contributed by atoms with E-state index in [-0.39, 0.29) is 27.7 Å². The van der Waals surface area contributed by atoms with E-state index < -0.39 is 18.5 Å². The molecule has 2 amide bonds. The van der Waals surface area contributed by atoms with E-state index in [1.165, 1.54) is 0 Å². The van der Waals surface area contributed by atoms with Gasteiger partial charge in [0.1, 0.15) is 5.02 Å². The van der Waals surface area contributed by atoms with Crippen LogP contribution < -0.4 is 15.4 Å². The number of hydrogen-bond acceptors (Lipinski definition) is 5. The molecule has 28 heavy (non-hydrogen) atoms. The molecule has 2 rings (SSSR count). The number of hydrogen-bond donors (Lipinski definition) is 4. The van der Waals surface area contributed by atoms with Gasteiger partial charge in [0, 0.05) is 12.6 Å². The lowest BCUT2D eigenvalue weighted by Crippen LogP contribution is -2.38. The molecule has 0 bridgehead atoms. The zero-order chi connectivity index (χ0) is 20.8. The fraction of sp³-hybridized carbons (Fsp3) is 0.278. The number of carboxylic acid groups (broad SMARTS) is 2. The number of nitrogens with one attached hydrogen (secondary N) is 2. The lowest BCUT2D eigenvalue weighted by Gasteiger charge is -2.10. The summed E-state index contributed by atoms with van der Waals surface area (Å²) in [4.78, 5) is 34.0. The molecule has 0 spiro atoms. The van der Waals surface area contributed by atoms with Gasteiger partial charge in [-0.25, -0.2) is 14.4 Å². The first-order chi connectivity index (χ1) is 13.2. The van der Waals surface area contributed by atoms with Crippen LogP contribution in [0.15, 0.2) is 24.3 Å². The number of rotatable bonds is 8. The predicted octanol–water partition coefficient (Wildman–Crippen LogP) is 3.44. The monoisotopic (exact) mass is 426 g/mol. The molecule has 0 saturated carbocycles. The highest BCUT2D eigenvalue weighted by atomic mass is 35.5. The molecular weight excluding hydrogens is 408 g/mol. The Morgan fingerprint density at radius 3 is 2.36 bits per heavy atom. The minimum Gasteiger partial charge on any atom is -0.479 e. The summed E-state index contributed by atoms with van der Waals surface area (Å²) < 4.78 is 5.06. The van der Waals surface area contributed by atoms with Gasteiger partial charge in [0.05, 0.1) is 4.88 Å². The van der Waals surface area contributed by atoms with Crippen molar-refractivity contribution in [1.82, 2.24) is 10.6 Å². The minimum atomic E-state index is -1.25. The van der Waals surface area contributed by atoms with Gasteiger partial charge in [-0.05, 0) is 25.0 Å². The van der Waals surface area contributed by atoms with E-state index in [2.05, 4.69) is 10.6 Å². The van der Waals surface area contributed by atoms with Gasteiger partial charge in [-0.1, -0.05) is 35.9 Å². The summed E-state index contributed by atoms with van der Waals surface area (Å²) in [6.45, 7) is 3.35. The van der Waals surface area contributed by atoms with Gasteiger partial charge in [-0.3, -0.25) is 0 Å². The summed E-state index contributed by atoms with van der Waals surface area (Å²) in [5.41, 5.74) is 1.49. The van der Waals surface area contributed by atoms with Crippen molar-refractivity contribution >= 4 is 40.9 Å². The number of ether oxygens (including phenoxy) is 1. The van der Waals surface area contributed by atoms with Crippen molar-refractivity contribution in [3.05, 3.63) is 39.7 Å². The second-order valence-electron chi connectivity index (χ2n) is 6.07. The maximum Gasteiger partial charge on any atom is 0.349 e. The van der Waals surface area contributed by atoms with Crippen LogP contribution in [0.2, 0.25) is 5.02 Å². The van der Waals surface area contributed by atoms with Crippen molar-refractivity contribution in [3.8, 4) is 16.2 Å². The smallest absolute Gasteiger partial charge is 0.349 e. The first-order valence-corrected chi connectivity index (χ1v) is 9.42. The van der Waals surface area contributed by atoms with Crippen molar-refractivity contribution in [1.29, 1.82) is 0 Å². The highest BCUT2D eigenvalue weighted by molar-refractivity contribution is 7.18. The average molecular weight is 427 g/mol. The molecule has 0 aliphatic heterocycles. The minimum absolute atomic E-state index is 0.0318. The second kappa shape index (κ2) is 9.43. The summed E-state index contributed by atoms with van der Waals surface area (Å²) >= 11 is 7.15. The molecule has 0 fully saturated rings. The number of thiophene rings is 1. The zero-order valence-electron chi connectivity index (χ0n) is 15.1. The molecule has 0 aliphatic rings. The zero-order valence-corrected chi connectivity index (χ0v) is 16.7. The van der Waals surface area contributed by atoms with Crippen molar-refractivity contribution in [2.75, 3.05) is 6.61 Å². The van der Waals surface area contributed by atoms with Crippen molar-refractivity contribution in [3.63, 3.8) is 0 Å². The molecule has 0 aliphatic carbocycles. The molecule has 10 heteroatoms. The lowest BCUT2D eigenvalue weighted by molar-refractivity contribution is -0.139. The van der Waals surface area contributed by atoms with E-state index in [4.69, 9.17) is 21.4 Å². The second-order valence-corrected chi connectivity index (χ2v) is 7.47. The SMILES string of the molecule is CC(C)NC(=O)NCc1ccc(-c2sc(C(=O)O)c(OCC(=O)O)c2Cl)cc1. The Morgan fingerprint density at radius 1 is 1.18 bits per heavy atom. The summed E-state index contributed by atoms with van der Waals surface area (Å²) in [6.07, 6.45) is 0. The van der Waals surface area contributed by atoms with Gasteiger partial charge in [0.25, 0.3) is 0 Å². The number of aromatic carboxylic acids is 1. The van der Waals surface area contributed by atoms with Crippen LogP contribution in [-0.4, -0.2) is 40.8 Å². The van der Waals surface area contributed by atoms with Crippen LogP contribution >= 0.6 is 22.9 Å². The summed E-state index contributed by atoms with van der Waals surface area (Å²) in [5.74, 6) is -2.65. The van der Waals surface area contributed by atoms with E-state index in [0.29, 0.717) is 17.0 Å². The van der Waals surface area contributed by atoms with Crippen LogP contribution in [0.5, 0.6) is 5.75 Å². The quantitative estimate of drug-likeness (QED) is 0.512. The number of carbonyl (C=O) groups is 3. The molecule has 0 unspecified atom stereocenters. The number of carbonyl (C=O) groups excluding carboxylic acids is 1. The molecule has 150 valence electrons. The summed E-state index contributed by atoms with van der Waals surface area (Å²) in [6, 6.07) is 6.79. The van der Waals surface area contributed by atoms with Crippen LogP contribution in [0.4, 0.5) is 4.79 Å². The fourth-order valence-electron chi connectivity index (χ4n) is 2.25. The van der Waals surface area contributed by atoms with Gasteiger partial charge in [-0.15, -0.1) is 11.3 Å². The average Bonchev–Trinajstić information content (AvgIpc) is 2.95. The molecular formula is C18H19ClN2O6S. The van der Waals surface area contributed by atoms with Gasteiger partial charge in [-0.2, -0.15) is 0 Å². The van der Waals surface area contributed by atoms with Crippen molar-refractivity contribution in [2.24, 2.45) is 0 Å². The van der Waals surface area contributed by atoms with Gasteiger partial charge >= 0.3 is 18.0 Å². The van der Waals surface area contributed by atoms with Crippen LogP contribution in [-0.2, 0) is 11.3 Å². The highest BCUT2D eigenvalue weighted by Gasteiger charge is 2.24. The first kappa shape index (κ1) is 21.5. The molecule has 0 saturated heterocycles. The Bertz CT molecular complexity index is 879. The molecule has 0 atom stereocenters. The third-order valence-electron chi connectivity index (χ3n) is 3.43. The van der Waals surface area contributed by atoms with Crippen LogP contribution in [0.25, 0.3) is 10.4 Å². The maximum absolute atomic E-state index is 11.6. The van der Waals surface area contributed by atoms with Crippen molar-refractivity contribution in [2.45, 2.75) is 26.4 Å². The molecule has 1 aromatic heterocycles. The third kappa shape index (κ3) is 5.61. The molecule has 1 aromatic carbocycles. The molecule has 4 N–H and O–H groups in total. The third-order valence-corrected chi connectivity index (χ3v) is 5.11. The number of benzene rings is 1. The number of halogens is 1. The highest BCUT2D eigenvalue weighted by Crippen LogP contribution is 2.45. The Kier molecular flexibility index (Phi) is 7.24. The van der Waals surface area contributed by atoms with E-state index in [9.17, 15) is 19.5 Å². The predicted molar refractivity (Wildman–Crippen MR) is 105 cm³/mol. The largest absolute Gasteiger partial charge is 0.479 e. The number of amides is 2. The normalized spacial score (nSPS) is 10.6. The van der Waals surface area contributed by atoms with E-state index in [1.807, 2.05) is 13.8 Å². The topological polar surface area (TPSA) is 125 Å². The van der Waals surface area contributed by atoms with E-state index in [0.717, 1.165) is 16.9 Å². The summed E-state index contributed by atoms with van der Waals surface area (Å²) in [7, 11) is 0. The number of carboxylic acids is 2. The Labute approximate surface area is 170 Å². The first-order valence-electron chi connectivity index (χ1n) is 8.23. The standard InChI is InChI=1S/C18H19ClN2O6S/c1-9(2)21-18(26)20-7-10-3-5-11(6-4-10)15-13(19)14(27-8-12(22)23)16(28-15)17(24)25/h3-6,9H,7-8H2,1-2H3,(H,22,23)(H,24,25)(H2,20,21,26).